The maximum atomic E-state index is 11.7. The number of likely N-dealkylation sites (tertiary alicyclic amines) is 1. The minimum atomic E-state index is -3.51. The third kappa shape index (κ3) is 3.54. The zero-order valence-corrected chi connectivity index (χ0v) is 10.7. The zero-order chi connectivity index (χ0) is 13.2. The van der Waals surface area contributed by atoms with Crippen LogP contribution in [-0.4, -0.2) is 48.0 Å². The van der Waals surface area contributed by atoms with Crippen molar-refractivity contribution in [3.05, 3.63) is 18.2 Å². The van der Waals surface area contributed by atoms with Crippen LogP contribution >= 0.6 is 0 Å². The van der Waals surface area contributed by atoms with E-state index in [2.05, 4.69) is 9.97 Å². The van der Waals surface area contributed by atoms with Gasteiger partial charge in [-0.15, -0.1) is 0 Å². The molecule has 1 atom stereocenters. The highest BCUT2D eigenvalue weighted by Crippen LogP contribution is 2.19. The average molecular weight is 272 g/mol. The predicted molar refractivity (Wildman–Crippen MR) is 65.0 cm³/mol. The lowest BCUT2D eigenvalue weighted by atomic mass is 10.1. The van der Waals surface area contributed by atoms with E-state index in [1.54, 1.807) is 17.4 Å². The highest BCUT2D eigenvalue weighted by atomic mass is 32.2. The normalized spacial score (nSPS) is 20.6. The number of amides is 1. The van der Waals surface area contributed by atoms with Gasteiger partial charge in [-0.1, -0.05) is 0 Å². The molecule has 0 aliphatic carbocycles. The molecule has 1 saturated heterocycles. The second-order valence-electron chi connectivity index (χ2n) is 4.57. The molecule has 1 aliphatic rings. The van der Waals surface area contributed by atoms with Gasteiger partial charge in [-0.2, -0.15) is 0 Å². The lowest BCUT2D eigenvalue weighted by Crippen LogP contribution is -2.29. The van der Waals surface area contributed by atoms with Crippen LogP contribution in [-0.2, 0) is 21.2 Å². The number of primary sulfonamides is 1. The first kappa shape index (κ1) is 13.0. The topological polar surface area (TPSA) is 109 Å². The number of imidazole rings is 1. The van der Waals surface area contributed by atoms with Gasteiger partial charge in [-0.3, -0.25) is 4.79 Å². The summed E-state index contributed by atoms with van der Waals surface area (Å²) in [6.45, 7) is 1.03. The van der Waals surface area contributed by atoms with Crippen molar-refractivity contribution in [2.75, 3.05) is 18.8 Å². The lowest BCUT2D eigenvalue weighted by Gasteiger charge is -2.15. The molecule has 0 aromatic carbocycles. The van der Waals surface area contributed by atoms with Gasteiger partial charge in [0.2, 0.25) is 15.9 Å². The van der Waals surface area contributed by atoms with E-state index in [1.165, 1.54) is 0 Å². The van der Waals surface area contributed by atoms with Gasteiger partial charge in [0.15, 0.2) is 0 Å². The molecule has 0 spiro atoms. The molecule has 1 unspecified atom stereocenters. The molecule has 2 rings (SSSR count). The molecule has 18 heavy (non-hydrogen) atoms. The Morgan fingerprint density at radius 2 is 2.33 bits per heavy atom. The van der Waals surface area contributed by atoms with Crippen LogP contribution in [0.25, 0.3) is 0 Å². The second-order valence-corrected chi connectivity index (χ2v) is 6.23. The molecule has 8 heteroatoms. The summed E-state index contributed by atoms with van der Waals surface area (Å²) < 4.78 is 22.0. The lowest BCUT2D eigenvalue weighted by molar-refractivity contribution is -0.127. The molecule has 2 heterocycles. The molecule has 0 radical (unpaired) electrons. The zero-order valence-electron chi connectivity index (χ0n) is 9.87. The van der Waals surface area contributed by atoms with Gasteiger partial charge in [0.05, 0.1) is 12.1 Å². The van der Waals surface area contributed by atoms with Crippen molar-refractivity contribution in [3.63, 3.8) is 0 Å². The molecule has 1 fully saturated rings. The minimum absolute atomic E-state index is 0.0110. The van der Waals surface area contributed by atoms with Crippen LogP contribution in [0.15, 0.2) is 12.5 Å². The van der Waals surface area contributed by atoms with Gasteiger partial charge < -0.3 is 9.88 Å². The molecule has 1 aromatic rings. The van der Waals surface area contributed by atoms with Gasteiger partial charge in [0.1, 0.15) is 0 Å². The van der Waals surface area contributed by atoms with Crippen LogP contribution in [0.4, 0.5) is 0 Å². The van der Waals surface area contributed by atoms with Gasteiger partial charge in [-0.25, -0.2) is 18.5 Å². The summed E-state index contributed by atoms with van der Waals surface area (Å²) in [5.74, 6) is -0.323. The van der Waals surface area contributed by atoms with Crippen LogP contribution in [0, 0.1) is 5.92 Å². The molecular formula is C10H16N4O3S. The monoisotopic (exact) mass is 272 g/mol. The maximum Gasteiger partial charge on any atom is 0.222 e. The first-order valence-corrected chi connectivity index (χ1v) is 7.41. The number of hydrogen-bond donors (Lipinski definition) is 2. The Bertz CT molecular complexity index is 511. The summed E-state index contributed by atoms with van der Waals surface area (Å²) in [5.41, 5.74) is 0.956. The number of H-pyrrole nitrogens is 1. The Morgan fingerprint density at radius 3 is 2.94 bits per heavy atom. The number of sulfonamides is 1. The van der Waals surface area contributed by atoms with E-state index >= 15 is 0 Å². The second kappa shape index (κ2) is 5.07. The summed E-state index contributed by atoms with van der Waals surface area (Å²) in [4.78, 5) is 20.2. The van der Waals surface area contributed by atoms with E-state index in [0.717, 1.165) is 5.69 Å². The fourth-order valence-electron chi connectivity index (χ4n) is 2.19. The Kier molecular flexibility index (Phi) is 3.67. The number of nitrogens with two attached hydrogens (primary N) is 1. The summed E-state index contributed by atoms with van der Waals surface area (Å²) in [7, 11) is -3.51. The minimum Gasteiger partial charge on any atom is -0.348 e. The molecule has 0 saturated carbocycles. The molecule has 0 bridgehead atoms. The SMILES string of the molecule is NS(=O)(=O)CC1CC(=O)N(CCc2cnc[nH]2)C1. The van der Waals surface area contributed by atoms with Crippen LogP contribution in [0.1, 0.15) is 12.1 Å². The van der Waals surface area contributed by atoms with Crippen molar-refractivity contribution in [3.8, 4) is 0 Å². The van der Waals surface area contributed by atoms with Gasteiger partial charge in [-0.05, 0) is 0 Å². The Balaban J connectivity index is 1.86. The molecule has 100 valence electrons. The number of nitrogens with one attached hydrogen (secondary N) is 1. The first-order chi connectivity index (χ1) is 8.44. The number of aromatic nitrogens is 2. The highest BCUT2D eigenvalue weighted by Gasteiger charge is 2.31. The molecule has 1 aromatic heterocycles. The van der Waals surface area contributed by atoms with Crippen molar-refractivity contribution in [2.45, 2.75) is 12.8 Å². The smallest absolute Gasteiger partial charge is 0.222 e. The van der Waals surface area contributed by atoms with Crippen molar-refractivity contribution >= 4 is 15.9 Å². The van der Waals surface area contributed by atoms with E-state index < -0.39 is 10.0 Å². The third-order valence-corrected chi connectivity index (χ3v) is 3.90. The van der Waals surface area contributed by atoms with Crippen molar-refractivity contribution in [1.29, 1.82) is 0 Å². The number of aromatic amines is 1. The number of carbonyl (C=O) groups is 1. The maximum absolute atomic E-state index is 11.7. The van der Waals surface area contributed by atoms with Gasteiger partial charge >= 0.3 is 0 Å². The van der Waals surface area contributed by atoms with E-state index in [-0.39, 0.29) is 24.0 Å². The summed E-state index contributed by atoms with van der Waals surface area (Å²) >= 11 is 0. The summed E-state index contributed by atoms with van der Waals surface area (Å²) in [5, 5.41) is 4.99. The van der Waals surface area contributed by atoms with Crippen LogP contribution in [0.3, 0.4) is 0 Å². The van der Waals surface area contributed by atoms with Crippen LogP contribution in [0.5, 0.6) is 0 Å². The predicted octanol–water partition coefficient (Wildman–Crippen LogP) is -0.911. The van der Waals surface area contributed by atoms with Crippen LogP contribution < -0.4 is 5.14 Å². The van der Waals surface area contributed by atoms with Crippen LogP contribution in [0.2, 0.25) is 0 Å². The quantitative estimate of drug-likeness (QED) is 0.723. The number of rotatable bonds is 5. The molecular weight excluding hydrogens is 256 g/mol. The van der Waals surface area contributed by atoms with Crippen molar-refractivity contribution < 1.29 is 13.2 Å². The molecule has 3 N–H and O–H groups in total. The number of hydrogen-bond acceptors (Lipinski definition) is 4. The van der Waals surface area contributed by atoms with Gasteiger partial charge in [0, 0.05) is 43.7 Å². The van der Waals surface area contributed by atoms with Crippen molar-refractivity contribution in [2.24, 2.45) is 11.1 Å². The third-order valence-electron chi connectivity index (χ3n) is 2.97. The van der Waals surface area contributed by atoms with E-state index in [9.17, 15) is 13.2 Å². The number of nitrogens with zero attached hydrogens (tertiary/aromatic N) is 2. The summed E-state index contributed by atoms with van der Waals surface area (Å²) in [6.07, 6.45) is 4.25. The van der Waals surface area contributed by atoms with E-state index in [1.807, 2.05) is 0 Å². The molecule has 7 nitrogen and oxygen atoms in total. The fourth-order valence-corrected chi connectivity index (χ4v) is 3.07. The molecule has 1 amide bonds. The Labute approximate surface area is 105 Å². The number of carbonyl (C=O) groups excluding carboxylic acids is 1. The Morgan fingerprint density at radius 1 is 1.56 bits per heavy atom. The van der Waals surface area contributed by atoms with E-state index in [4.69, 9.17) is 5.14 Å². The summed E-state index contributed by atoms with van der Waals surface area (Å²) in [6, 6.07) is 0. The molecule has 1 aliphatic heterocycles. The van der Waals surface area contributed by atoms with Crippen molar-refractivity contribution in [1.82, 2.24) is 14.9 Å². The van der Waals surface area contributed by atoms with E-state index in [0.29, 0.717) is 19.5 Å². The largest absolute Gasteiger partial charge is 0.348 e. The first-order valence-electron chi connectivity index (χ1n) is 5.69. The average Bonchev–Trinajstić information content (AvgIpc) is 2.83. The van der Waals surface area contributed by atoms with Gasteiger partial charge in [0.25, 0.3) is 0 Å². The highest BCUT2D eigenvalue weighted by molar-refractivity contribution is 7.89. The fraction of sp³-hybridized carbons (Fsp3) is 0.600. The Hall–Kier alpha value is -1.41. The standard InChI is InChI=1S/C10H16N4O3S/c11-18(16,17)6-8-3-10(15)14(5-8)2-1-9-4-12-7-13-9/h4,7-8H,1-3,5-6H2,(H,12,13)(H2,11,16,17).